The summed E-state index contributed by atoms with van der Waals surface area (Å²) >= 11 is 18.3. The van der Waals surface area contributed by atoms with Gasteiger partial charge in [-0.15, -0.1) is 0 Å². The van der Waals surface area contributed by atoms with Gasteiger partial charge in [-0.2, -0.15) is 0 Å². The Bertz CT molecular complexity index is 760. The van der Waals surface area contributed by atoms with Gasteiger partial charge >= 0.3 is 0 Å². The van der Waals surface area contributed by atoms with Crippen molar-refractivity contribution in [2.75, 3.05) is 0 Å². The van der Waals surface area contributed by atoms with E-state index in [1.807, 2.05) is 0 Å². The monoisotopic (exact) mass is 363 g/mol. The van der Waals surface area contributed by atoms with Crippen molar-refractivity contribution >= 4 is 52.0 Å². The molecule has 1 aliphatic rings. The molecular weight excluding hydrogens is 353 g/mol. The topological polar surface area (TPSA) is 71.7 Å². The number of hydrogen-bond donors (Lipinski definition) is 2. The van der Waals surface area contributed by atoms with Gasteiger partial charge in [-0.3, -0.25) is 4.79 Å². The van der Waals surface area contributed by atoms with Crippen LogP contribution in [0.1, 0.15) is 23.5 Å². The molecular formula is C14H12Cl3NO4. The molecule has 118 valence electrons. The number of nitrogens with zero attached hydrogens (tertiary/aromatic N) is 1. The summed E-state index contributed by atoms with van der Waals surface area (Å²) in [6, 6.07) is 3.08. The molecule has 0 radical (unpaired) electrons. The normalized spacial score (nSPS) is 28.5. The second kappa shape index (κ2) is 5.67. The highest BCUT2D eigenvalue weighted by molar-refractivity contribution is 6.43. The van der Waals surface area contributed by atoms with Crippen molar-refractivity contribution in [1.29, 1.82) is 0 Å². The van der Waals surface area contributed by atoms with Gasteiger partial charge in [-0.25, -0.2) is 0 Å². The van der Waals surface area contributed by atoms with E-state index in [0.717, 1.165) is 0 Å². The summed E-state index contributed by atoms with van der Waals surface area (Å²) < 4.78 is 7.02. The lowest BCUT2D eigenvalue weighted by atomic mass is 10.1. The van der Waals surface area contributed by atoms with Gasteiger partial charge < -0.3 is 19.5 Å². The molecule has 0 unspecified atom stereocenters. The maximum atomic E-state index is 11.3. The lowest BCUT2D eigenvalue weighted by Gasteiger charge is -2.19. The molecule has 1 saturated heterocycles. The highest BCUT2D eigenvalue weighted by Gasteiger charge is 2.42. The lowest BCUT2D eigenvalue weighted by molar-refractivity contribution is -0.0291. The number of carbonyl (C=O) groups is 1. The molecule has 2 heterocycles. The summed E-state index contributed by atoms with van der Waals surface area (Å²) in [6.07, 6.45) is -3.13. The summed E-state index contributed by atoms with van der Waals surface area (Å²) in [4.78, 5) is 11.3. The minimum absolute atomic E-state index is 0.0914. The van der Waals surface area contributed by atoms with E-state index < -0.39 is 24.5 Å². The maximum Gasteiger partial charge on any atom is 0.164 e. The zero-order valence-electron chi connectivity index (χ0n) is 11.3. The van der Waals surface area contributed by atoms with Crippen molar-refractivity contribution in [3.63, 3.8) is 0 Å². The molecule has 0 bridgehead atoms. The fraction of sp³-hybridized carbons (Fsp3) is 0.357. The van der Waals surface area contributed by atoms with Crippen LogP contribution in [0.3, 0.4) is 0 Å². The van der Waals surface area contributed by atoms with E-state index in [1.54, 1.807) is 13.0 Å². The second-order valence-electron chi connectivity index (χ2n) is 5.19. The molecule has 1 aromatic heterocycles. The van der Waals surface area contributed by atoms with Gasteiger partial charge in [0.05, 0.1) is 27.2 Å². The Morgan fingerprint density at radius 1 is 1.18 bits per heavy atom. The first-order chi connectivity index (χ1) is 10.4. The number of aldehydes is 1. The molecule has 0 aliphatic carbocycles. The Morgan fingerprint density at radius 2 is 1.82 bits per heavy atom. The fourth-order valence-corrected chi connectivity index (χ4v) is 3.35. The van der Waals surface area contributed by atoms with Crippen molar-refractivity contribution in [3.05, 3.63) is 32.9 Å². The van der Waals surface area contributed by atoms with E-state index in [1.165, 1.54) is 10.6 Å². The lowest BCUT2D eigenvalue weighted by Crippen LogP contribution is -2.30. The molecule has 2 aromatic rings. The Kier molecular flexibility index (Phi) is 4.14. The first-order valence-corrected chi connectivity index (χ1v) is 7.65. The summed E-state index contributed by atoms with van der Waals surface area (Å²) in [7, 11) is 0. The average Bonchev–Trinajstić information content (AvgIpc) is 2.87. The van der Waals surface area contributed by atoms with Crippen molar-refractivity contribution < 1.29 is 19.7 Å². The van der Waals surface area contributed by atoms with Gasteiger partial charge in [0.15, 0.2) is 12.5 Å². The number of carbonyl (C=O) groups excluding carboxylic acids is 1. The molecule has 0 amide bonds. The highest BCUT2D eigenvalue weighted by atomic mass is 35.5. The Hall–Kier alpha value is -0.820. The molecule has 8 heteroatoms. The third kappa shape index (κ3) is 2.24. The summed E-state index contributed by atoms with van der Waals surface area (Å²) in [6.45, 7) is 1.64. The van der Waals surface area contributed by atoms with Gasteiger partial charge in [0, 0.05) is 5.39 Å². The number of aliphatic hydroxyl groups is 2. The molecule has 3 rings (SSSR count). The molecule has 1 aliphatic heterocycles. The van der Waals surface area contributed by atoms with E-state index in [2.05, 4.69) is 0 Å². The average molecular weight is 365 g/mol. The van der Waals surface area contributed by atoms with Crippen LogP contribution >= 0.6 is 34.8 Å². The van der Waals surface area contributed by atoms with Gasteiger partial charge in [0.2, 0.25) is 0 Å². The Labute approximate surface area is 140 Å². The van der Waals surface area contributed by atoms with Crippen LogP contribution in [-0.4, -0.2) is 39.4 Å². The van der Waals surface area contributed by atoms with Crippen LogP contribution in [0.25, 0.3) is 10.9 Å². The zero-order chi connectivity index (χ0) is 16.2. The standard InChI is InChI=1S/C14H12Cl3NO4/c1-5-11(20)12(21)14(22-5)18-10-3-9(16)8(15)2-6(10)7(4-19)13(18)17/h2-5,11-12,14,20-21H,1H3/t5-,11-,12-,14-/m1/s1. The molecule has 1 fully saturated rings. The maximum absolute atomic E-state index is 11.3. The van der Waals surface area contributed by atoms with Crippen molar-refractivity contribution in [2.45, 2.75) is 31.5 Å². The number of benzene rings is 1. The van der Waals surface area contributed by atoms with Crippen LogP contribution in [-0.2, 0) is 4.74 Å². The van der Waals surface area contributed by atoms with Crippen LogP contribution < -0.4 is 0 Å². The van der Waals surface area contributed by atoms with Gasteiger partial charge in [0.1, 0.15) is 17.4 Å². The Morgan fingerprint density at radius 3 is 2.36 bits per heavy atom. The predicted octanol–water partition coefficient (Wildman–Crippen LogP) is 3.05. The number of aromatic nitrogens is 1. The number of rotatable bonds is 2. The fourth-order valence-electron chi connectivity index (χ4n) is 2.70. The van der Waals surface area contributed by atoms with E-state index >= 15 is 0 Å². The van der Waals surface area contributed by atoms with Crippen LogP contribution in [0.5, 0.6) is 0 Å². The van der Waals surface area contributed by atoms with Gasteiger partial charge in [-0.1, -0.05) is 34.8 Å². The number of ether oxygens (including phenoxy) is 1. The minimum Gasteiger partial charge on any atom is -0.388 e. The predicted molar refractivity (Wildman–Crippen MR) is 84.0 cm³/mol. The third-order valence-corrected chi connectivity index (χ3v) is 4.98. The van der Waals surface area contributed by atoms with E-state index in [0.29, 0.717) is 17.2 Å². The largest absolute Gasteiger partial charge is 0.388 e. The molecule has 0 saturated carbocycles. The number of halogens is 3. The Balaban J connectivity index is 2.28. The van der Waals surface area contributed by atoms with Crippen LogP contribution in [0, 0.1) is 0 Å². The first kappa shape index (κ1) is 16.1. The SMILES string of the molecule is C[C@H]1O[C@@H](n2c(Cl)c(C=O)c3cc(Cl)c(Cl)cc32)[C@H](O)[C@@H]1O. The molecule has 1 aromatic carbocycles. The van der Waals surface area contributed by atoms with Crippen molar-refractivity contribution in [3.8, 4) is 0 Å². The number of fused-ring (bicyclic) bond motifs is 1. The third-order valence-electron chi connectivity index (χ3n) is 3.87. The molecule has 22 heavy (non-hydrogen) atoms. The summed E-state index contributed by atoms with van der Waals surface area (Å²) in [5, 5.41) is 21.2. The van der Waals surface area contributed by atoms with E-state index in [9.17, 15) is 15.0 Å². The van der Waals surface area contributed by atoms with Gasteiger partial charge in [0.25, 0.3) is 0 Å². The van der Waals surface area contributed by atoms with Gasteiger partial charge in [-0.05, 0) is 19.1 Å². The second-order valence-corrected chi connectivity index (χ2v) is 6.36. The minimum atomic E-state index is -1.18. The summed E-state index contributed by atoms with van der Waals surface area (Å²) in [5.41, 5.74) is 0.715. The summed E-state index contributed by atoms with van der Waals surface area (Å²) in [5.74, 6) is 0. The van der Waals surface area contributed by atoms with Crippen LogP contribution in [0.4, 0.5) is 0 Å². The molecule has 4 atom stereocenters. The first-order valence-electron chi connectivity index (χ1n) is 6.52. The number of aliphatic hydroxyl groups excluding tert-OH is 2. The van der Waals surface area contributed by atoms with E-state index in [-0.39, 0.29) is 20.8 Å². The molecule has 5 nitrogen and oxygen atoms in total. The quantitative estimate of drug-likeness (QED) is 0.804. The molecule has 0 spiro atoms. The zero-order valence-corrected chi connectivity index (χ0v) is 13.6. The highest BCUT2D eigenvalue weighted by Crippen LogP contribution is 2.40. The van der Waals surface area contributed by atoms with Crippen LogP contribution in [0.2, 0.25) is 15.2 Å². The van der Waals surface area contributed by atoms with Crippen molar-refractivity contribution in [1.82, 2.24) is 4.57 Å². The smallest absolute Gasteiger partial charge is 0.164 e. The number of hydrogen-bond acceptors (Lipinski definition) is 4. The van der Waals surface area contributed by atoms with Crippen LogP contribution in [0.15, 0.2) is 12.1 Å². The van der Waals surface area contributed by atoms with E-state index in [4.69, 9.17) is 39.5 Å². The molecule has 2 N–H and O–H groups in total. The van der Waals surface area contributed by atoms with Crippen molar-refractivity contribution in [2.24, 2.45) is 0 Å².